The standard InChI is InChI=1S/C8H10O.C3H6O/c1-7-4-2-3-5-8(7)6-9;1-3(2)4/h2-5,9H,6H2,1H3;1-2H3. The molecule has 72 valence electrons. The fourth-order valence-corrected chi connectivity index (χ4v) is 0.787. The Bertz CT molecular complexity index is 263. The van der Waals surface area contributed by atoms with E-state index < -0.39 is 0 Å². The molecule has 0 aliphatic carbocycles. The number of aliphatic hydroxyl groups excluding tert-OH is 1. The van der Waals surface area contributed by atoms with Gasteiger partial charge in [0.2, 0.25) is 0 Å². The molecule has 0 amide bonds. The topological polar surface area (TPSA) is 37.3 Å². The maximum atomic E-state index is 9.44. The van der Waals surface area contributed by atoms with Crippen LogP contribution in [0.5, 0.6) is 0 Å². The zero-order valence-electron chi connectivity index (χ0n) is 8.37. The molecule has 0 spiro atoms. The Balaban J connectivity index is 0.000000310. The molecular formula is C11H16O2. The number of Topliss-reactive ketones (excluding diaryl/α,β-unsaturated/α-hetero) is 1. The summed E-state index contributed by atoms with van der Waals surface area (Å²) >= 11 is 0. The molecule has 1 rings (SSSR count). The van der Waals surface area contributed by atoms with E-state index in [0.29, 0.717) is 0 Å². The summed E-state index contributed by atoms with van der Waals surface area (Å²) in [5.74, 6) is 0.167. The third-order valence-electron chi connectivity index (χ3n) is 1.43. The molecule has 0 aliphatic rings. The summed E-state index contributed by atoms with van der Waals surface area (Å²) < 4.78 is 0. The van der Waals surface area contributed by atoms with Crippen molar-refractivity contribution in [3.05, 3.63) is 35.4 Å². The first-order chi connectivity index (χ1) is 6.07. The quantitative estimate of drug-likeness (QED) is 0.718. The molecule has 0 saturated carbocycles. The van der Waals surface area contributed by atoms with E-state index in [-0.39, 0.29) is 12.4 Å². The van der Waals surface area contributed by atoms with Crippen LogP contribution in [0.15, 0.2) is 24.3 Å². The fraction of sp³-hybridized carbons (Fsp3) is 0.364. The predicted octanol–water partition coefficient (Wildman–Crippen LogP) is 2.08. The third kappa shape index (κ3) is 6.05. The molecule has 0 bridgehead atoms. The van der Waals surface area contributed by atoms with Crippen molar-refractivity contribution in [2.24, 2.45) is 0 Å². The lowest BCUT2D eigenvalue weighted by molar-refractivity contribution is -0.114. The van der Waals surface area contributed by atoms with Gasteiger partial charge in [0.25, 0.3) is 0 Å². The van der Waals surface area contributed by atoms with Gasteiger partial charge in [-0.15, -0.1) is 0 Å². The number of hydrogen-bond donors (Lipinski definition) is 1. The third-order valence-corrected chi connectivity index (χ3v) is 1.43. The summed E-state index contributed by atoms with van der Waals surface area (Å²) in [6, 6.07) is 7.81. The van der Waals surface area contributed by atoms with E-state index in [4.69, 9.17) is 5.11 Å². The van der Waals surface area contributed by atoms with Crippen molar-refractivity contribution in [2.45, 2.75) is 27.4 Å². The molecule has 1 aromatic rings. The first-order valence-electron chi connectivity index (χ1n) is 4.20. The lowest BCUT2D eigenvalue weighted by Gasteiger charge is -1.97. The summed E-state index contributed by atoms with van der Waals surface area (Å²) in [6.45, 7) is 5.19. The van der Waals surface area contributed by atoms with Crippen LogP contribution < -0.4 is 0 Å². The number of rotatable bonds is 1. The maximum Gasteiger partial charge on any atom is 0.126 e. The highest BCUT2D eigenvalue weighted by molar-refractivity contribution is 5.72. The van der Waals surface area contributed by atoms with Crippen LogP contribution in [0.3, 0.4) is 0 Å². The Morgan fingerprint density at radius 2 is 1.77 bits per heavy atom. The summed E-state index contributed by atoms with van der Waals surface area (Å²) in [4.78, 5) is 9.44. The monoisotopic (exact) mass is 180 g/mol. The molecule has 0 atom stereocenters. The second-order valence-corrected chi connectivity index (χ2v) is 2.99. The molecule has 0 heterocycles. The summed E-state index contributed by atoms with van der Waals surface area (Å²) in [7, 11) is 0. The second kappa shape index (κ2) is 6.38. The number of aryl methyl sites for hydroxylation is 1. The van der Waals surface area contributed by atoms with Crippen LogP contribution >= 0.6 is 0 Å². The van der Waals surface area contributed by atoms with Crippen molar-refractivity contribution in [1.82, 2.24) is 0 Å². The van der Waals surface area contributed by atoms with E-state index in [1.54, 1.807) is 0 Å². The Kier molecular flexibility index (Phi) is 5.81. The van der Waals surface area contributed by atoms with Crippen molar-refractivity contribution in [2.75, 3.05) is 0 Å². The number of benzene rings is 1. The van der Waals surface area contributed by atoms with Crippen LogP contribution in [0.1, 0.15) is 25.0 Å². The average molecular weight is 180 g/mol. The number of aliphatic hydroxyl groups is 1. The lowest BCUT2D eigenvalue weighted by atomic mass is 10.1. The van der Waals surface area contributed by atoms with Gasteiger partial charge in [0.15, 0.2) is 0 Å². The molecule has 0 aromatic heterocycles. The van der Waals surface area contributed by atoms with Gasteiger partial charge in [0.05, 0.1) is 6.61 Å². The molecule has 1 N–H and O–H groups in total. The number of hydrogen-bond acceptors (Lipinski definition) is 2. The minimum atomic E-state index is 0.146. The molecule has 0 radical (unpaired) electrons. The van der Waals surface area contributed by atoms with Gasteiger partial charge < -0.3 is 9.90 Å². The van der Waals surface area contributed by atoms with Crippen LogP contribution in [0.2, 0.25) is 0 Å². The van der Waals surface area contributed by atoms with E-state index in [1.807, 2.05) is 31.2 Å². The first-order valence-corrected chi connectivity index (χ1v) is 4.20. The molecule has 2 heteroatoms. The number of carbonyl (C=O) groups is 1. The second-order valence-electron chi connectivity index (χ2n) is 2.99. The first kappa shape index (κ1) is 11.8. The predicted molar refractivity (Wildman–Crippen MR) is 53.5 cm³/mol. The van der Waals surface area contributed by atoms with Gasteiger partial charge in [-0.1, -0.05) is 24.3 Å². The van der Waals surface area contributed by atoms with Gasteiger partial charge >= 0.3 is 0 Å². The Morgan fingerprint density at radius 3 is 2.08 bits per heavy atom. The smallest absolute Gasteiger partial charge is 0.126 e. The summed E-state index contributed by atoms with van der Waals surface area (Å²) in [6.07, 6.45) is 0. The molecule has 0 saturated heterocycles. The Hall–Kier alpha value is -1.15. The zero-order chi connectivity index (χ0) is 10.3. The van der Waals surface area contributed by atoms with E-state index in [9.17, 15) is 4.79 Å². The van der Waals surface area contributed by atoms with Crippen molar-refractivity contribution in [3.8, 4) is 0 Å². The molecule has 0 fully saturated rings. The van der Waals surface area contributed by atoms with Crippen LogP contribution in [0.25, 0.3) is 0 Å². The molecule has 1 aromatic carbocycles. The largest absolute Gasteiger partial charge is 0.392 e. The molecule has 0 aliphatic heterocycles. The van der Waals surface area contributed by atoms with Gasteiger partial charge in [-0.2, -0.15) is 0 Å². The van der Waals surface area contributed by atoms with E-state index in [2.05, 4.69) is 0 Å². The van der Waals surface area contributed by atoms with Gasteiger partial charge in [-0.3, -0.25) is 0 Å². The highest BCUT2D eigenvalue weighted by Gasteiger charge is 1.90. The number of carbonyl (C=O) groups excluding carboxylic acids is 1. The fourth-order valence-electron chi connectivity index (χ4n) is 0.787. The molecule has 0 unspecified atom stereocenters. The Morgan fingerprint density at radius 1 is 1.31 bits per heavy atom. The van der Waals surface area contributed by atoms with Crippen molar-refractivity contribution >= 4 is 5.78 Å². The minimum absolute atomic E-state index is 0.146. The number of ketones is 1. The molecule has 2 nitrogen and oxygen atoms in total. The minimum Gasteiger partial charge on any atom is -0.392 e. The zero-order valence-corrected chi connectivity index (χ0v) is 8.37. The lowest BCUT2D eigenvalue weighted by Crippen LogP contribution is -1.85. The highest BCUT2D eigenvalue weighted by Crippen LogP contribution is 2.05. The summed E-state index contributed by atoms with van der Waals surface area (Å²) in [5.41, 5.74) is 2.16. The molecule has 13 heavy (non-hydrogen) atoms. The van der Waals surface area contributed by atoms with Crippen LogP contribution in [0, 0.1) is 6.92 Å². The Labute approximate surface area is 79.2 Å². The van der Waals surface area contributed by atoms with Gasteiger partial charge in [0.1, 0.15) is 5.78 Å². The van der Waals surface area contributed by atoms with E-state index >= 15 is 0 Å². The average Bonchev–Trinajstić information content (AvgIpc) is 2.04. The maximum absolute atomic E-state index is 9.44. The van der Waals surface area contributed by atoms with E-state index in [1.165, 1.54) is 13.8 Å². The highest BCUT2D eigenvalue weighted by atomic mass is 16.3. The summed E-state index contributed by atoms with van der Waals surface area (Å²) in [5, 5.41) is 8.72. The van der Waals surface area contributed by atoms with Crippen molar-refractivity contribution in [3.63, 3.8) is 0 Å². The molecular weight excluding hydrogens is 164 g/mol. The van der Waals surface area contributed by atoms with Crippen LogP contribution in [0.4, 0.5) is 0 Å². The van der Waals surface area contributed by atoms with Gasteiger partial charge in [-0.25, -0.2) is 0 Å². The van der Waals surface area contributed by atoms with Crippen molar-refractivity contribution < 1.29 is 9.90 Å². The van der Waals surface area contributed by atoms with Crippen LogP contribution in [-0.4, -0.2) is 10.9 Å². The van der Waals surface area contributed by atoms with Crippen molar-refractivity contribution in [1.29, 1.82) is 0 Å². The van der Waals surface area contributed by atoms with Gasteiger partial charge in [-0.05, 0) is 31.9 Å². The normalized spacial score (nSPS) is 8.62. The van der Waals surface area contributed by atoms with E-state index in [0.717, 1.165) is 11.1 Å². The SMILES string of the molecule is CC(C)=O.Cc1ccccc1CO. The van der Waals surface area contributed by atoms with Gasteiger partial charge in [0, 0.05) is 0 Å². The van der Waals surface area contributed by atoms with Crippen LogP contribution in [-0.2, 0) is 11.4 Å².